The molecule has 0 aromatic heterocycles. The normalized spacial score (nSPS) is 29.5. The van der Waals surface area contributed by atoms with E-state index in [1.165, 1.54) is 6.92 Å². The van der Waals surface area contributed by atoms with E-state index in [9.17, 15) is 14.7 Å². The highest BCUT2D eigenvalue weighted by Gasteiger charge is 2.31. The maximum Gasteiger partial charge on any atom is 0.225 e. The summed E-state index contributed by atoms with van der Waals surface area (Å²) in [7, 11) is 0. The molecule has 1 aliphatic carbocycles. The second kappa shape index (κ2) is 5.23. The number of rotatable bonds is 4. The van der Waals surface area contributed by atoms with Gasteiger partial charge in [-0.15, -0.1) is 0 Å². The largest absolute Gasteiger partial charge is 0.391 e. The number of aldehydes is 1. The number of aliphatic hydroxyl groups excluding tert-OH is 1. The van der Waals surface area contributed by atoms with Gasteiger partial charge in [0.25, 0.3) is 0 Å². The van der Waals surface area contributed by atoms with Gasteiger partial charge < -0.3 is 21.0 Å². The van der Waals surface area contributed by atoms with Gasteiger partial charge in [-0.05, 0) is 19.8 Å². The van der Waals surface area contributed by atoms with Crippen molar-refractivity contribution < 1.29 is 14.7 Å². The lowest BCUT2D eigenvalue weighted by molar-refractivity contribution is -0.129. The fourth-order valence-corrected chi connectivity index (χ4v) is 1.85. The van der Waals surface area contributed by atoms with Crippen LogP contribution in [0.2, 0.25) is 0 Å². The Kier molecular flexibility index (Phi) is 4.23. The summed E-state index contributed by atoms with van der Waals surface area (Å²) in [5.41, 5.74) is 5.76. The average molecular weight is 214 g/mol. The molecule has 1 rings (SSSR count). The van der Waals surface area contributed by atoms with E-state index >= 15 is 0 Å². The van der Waals surface area contributed by atoms with Crippen LogP contribution in [0.5, 0.6) is 0 Å². The molecule has 0 aromatic carbocycles. The molecule has 0 radical (unpaired) electrons. The number of amides is 1. The van der Waals surface area contributed by atoms with E-state index in [1.807, 2.05) is 0 Å². The van der Waals surface area contributed by atoms with E-state index in [2.05, 4.69) is 5.32 Å². The first kappa shape index (κ1) is 12.1. The molecule has 15 heavy (non-hydrogen) atoms. The molecule has 1 amide bonds. The van der Waals surface area contributed by atoms with Crippen LogP contribution in [0.15, 0.2) is 0 Å². The monoisotopic (exact) mass is 214 g/mol. The van der Waals surface area contributed by atoms with E-state index < -0.39 is 12.1 Å². The van der Waals surface area contributed by atoms with Gasteiger partial charge in [0.2, 0.25) is 5.91 Å². The molecule has 0 aliphatic heterocycles. The van der Waals surface area contributed by atoms with Crippen LogP contribution in [0, 0.1) is 5.92 Å². The molecule has 0 saturated heterocycles. The third-order valence-corrected chi connectivity index (χ3v) is 2.88. The minimum Gasteiger partial charge on any atom is -0.391 e. The Morgan fingerprint density at radius 1 is 1.60 bits per heavy atom. The Hall–Kier alpha value is -0.940. The Balaban J connectivity index is 2.50. The summed E-state index contributed by atoms with van der Waals surface area (Å²) in [5.74, 6) is -0.441. The summed E-state index contributed by atoms with van der Waals surface area (Å²) in [6.07, 6.45) is 2.23. The van der Waals surface area contributed by atoms with Crippen molar-refractivity contribution in [2.75, 3.05) is 0 Å². The molecule has 0 heterocycles. The average Bonchev–Trinajstić information content (AvgIpc) is 2.60. The molecule has 1 fully saturated rings. The maximum atomic E-state index is 11.7. The van der Waals surface area contributed by atoms with Crippen molar-refractivity contribution >= 4 is 12.2 Å². The third kappa shape index (κ3) is 3.00. The van der Waals surface area contributed by atoms with Crippen LogP contribution in [0.4, 0.5) is 0 Å². The van der Waals surface area contributed by atoms with Crippen molar-refractivity contribution in [2.24, 2.45) is 11.7 Å². The summed E-state index contributed by atoms with van der Waals surface area (Å²) in [4.78, 5) is 22.2. The standard InChI is InChI=1S/C10H18N2O3/c1-6(14)9(5-13)12-10(15)7-3-2-4-8(7)11/h5-9,14H,2-4,11H2,1H3,(H,12,15)/t6-,7?,8?,9-/m1/s1. The zero-order valence-electron chi connectivity index (χ0n) is 8.85. The van der Waals surface area contributed by atoms with Gasteiger partial charge in [0, 0.05) is 6.04 Å². The van der Waals surface area contributed by atoms with Crippen LogP contribution in [0.1, 0.15) is 26.2 Å². The predicted octanol–water partition coefficient (Wildman–Crippen LogP) is -0.822. The number of nitrogens with two attached hydrogens (primary N) is 1. The molecule has 0 spiro atoms. The molecule has 1 aliphatic rings. The lowest BCUT2D eigenvalue weighted by Gasteiger charge is -2.20. The fraction of sp³-hybridized carbons (Fsp3) is 0.800. The third-order valence-electron chi connectivity index (χ3n) is 2.88. The number of hydrogen-bond donors (Lipinski definition) is 3. The number of aliphatic hydroxyl groups is 1. The Bertz CT molecular complexity index is 243. The molecular weight excluding hydrogens is 196 g/mol. The number of hydrogen-bond acceptors (Lipinski definition) is 4. The zero-order chi connectivity index (χ0) is 11.4. The van der Waals surface area contributed by atoms with Gasteiger partial charge >= 0.3 is 0 Å². The number of nitrogens with one attached hydrogen (secondary N) is 1. The Morgan fingerprint density at radius 2 is 2.27 bits per heavy atom. The van der Waals surface area contributed by atoms with Crippen LogP contribution >= 0.6 is 0 Å². The predicted molar refractivity (Wildman–Crippen MR) is 55.0 cm³/mol. The lowest BCUT2D eigenvalue weighted by atomic mass is 10.0. The number of carbonyl (C=O) groups is 2. The first-order chi connectivity index (χ1) is 7.06. The van der Waals surface area contributed by atoms with Crippen molar-refractivity contribution in [2.45, 2.75) is 44.4 Å². The fourth-order valence-electron chi connectivity index (χ4n) is 1.85. The van der Waals surface area contributed by atoms with Gasteiger partial charge in [-0.2, -0.15) is 0 Å². The number of carbonyl (C=O) groups excluding carboxylic acids is 2. The molecule has 0 bridgehead atoms. The minimum absolute atomic E-state index is 0.119. The molecule has 0 aromatic rings. The van der Waals surface area contributed by atoms with E-state index in [0.29, 0.717) is 6.29 Å². The van der Waals surface area contributed by atoms with Crippen LogP contribution in [0.3, 0.4) is 0 Å². The molecule has 1 saturated carbocycles. The van der Waals surface area contributed by atoms with E-state index in [1.54, 1.807) is 0 Å². The summed E-state index contributed by atoms with van der Waals surface area (Å²) >= 11 is 0. The molecule has 2 unspecified atom stereocenters. The van der Waals surface area contributed by atoms with Crippen molar-refractivity contribution in [1.29, 1.82) is 0 Å². The van der Waals surface area contributed by atoms with Gasteiger partial charge in [-0.3, -0.25) is 4.79 Å². The van der Waals surface area contributed by atoms with Gasteiger partial charge in [0.05, 0.1) is 12.0 Å². The first-order valence-corrected chi connectivity index (χ1v) is 5.25. The molecule has 5 nitrogen and oxygen atoms in total. The van der Waals surface area contributed by atoms with Crippen LogP contribution in [0.25, 0.3) is 0 Å². The highest BCUT2D eigenvalue weighted by Crippen LogP contribution is 2.24. The summed E-state index contributed by atoms with van der Waals surface area (Å²) in [6, 6.07) is -0.948. The highest BCUT2D eigenvalue weighted by atomic mass is 16.3. The topological polar surface area (TPSA) is 92.4 Å². The first-order valence-electron chi connectivity index (χ1n) is 5.25. The Morgan fingerprint density at radius 3 is 2.67 bits per heavy atom. The van der Waals surface area contributed by atoms with Crippen molar-refractivity contribution in [1.82, 2.24) is 5.32 Å². The summed E-state index contributed by atoms with van der Waals surface area (Å²) in [6.45, 7) is 1.47. The molecular formula is C10H18N2O3. The van der Waals surface area contributed by atoms with Gasteiger partial charge in [-0.1, -0.05) is 6.42 Å². The summed E-state index contributed by atoms with van der Waals surface area (Å²) < 4.78 is 0. The van der Waals surface area contributed by atoms with Crippen molar-refractivity contribution in [3.05, 3.63) is 0 Å². The molecule has 4 atom stereocenters. The highest BCUT2D eigenvalue weighted by molar-refractivity contribution is 5.82. The van der Waals surface area contributed by atoms with E-state index in [4.69, 9.17) is 5.73 Å². The van der Waals surface area contributed by atoms with Crippen LogP contribution in [-0.4, -0.2) is 35.5 Å². The zero-order valence-corrected chi connectivity index (χ0v) is 8.85. The lowest BCUT2D eigenvalue weighted by Crippen LogP contribution is -2.48. The SMILES string of the molecule is C[C@@H](O)[C@@H](C=O)NC(=O)C1CCCC1N. The van der Waals surface area contributed by atoms with Gasteiger partial charge in [0.1, 0.15) is 12.3 Å². The van der Waals surface area contributed by atoms with Crippen molar-refractivity contribution in [3.63, 3.8) is 0 Å². The van der Waals surface area contributed by atoms with Crippen LogP contribution in [-0.2, 0) is 9.59 Å². The van der Waals surface area contributed by atoms with E-state index in [-0.39, 0.29) is 17.9 Å². The maximum absolute atomic E-state index is 11.7. The molecule has 5 heteroatoms. The molecule has 4 N–H and O–H groups in total. The smallest absolute Gasteiger partial charge is 0.225 e. The quantitative estimate of drug-likeness (QED) is 0.533. The second-order valence-electron chi connectivity index (χ2n) is 4.11. The van der Waals surface area contributed by atoms with Gasteiger partial charge in [0.15, 0.2) is 0 Å². The molecule has 86 valence electrons. The van der Waals surface area contributed by atoms with Gasteiger partial charge in [-0.25, -0.2) is 0 Å². The second-order valence-corrected chi connectivity index (χ2v) is 4.11. The Labute approximate surface area is 89.0 Å². The van der Waals surface area contributed by atoms with Crippen molar-refractivity contribution in [3.8, 4) is 0 Å². The van der Waals surface area contributed by atoms with Crippen LogP contribution < -0.4 is 11.1 Å². The minimum atomic E-state index is -0.871. The van der Waals surface area contributed by atoms with E-state index in [0.717, 1.165) is 19.3 Å². The summed E-state index contributed by atoms with van der Waals surface area (Å²) in [5, 5.41) is 11.7.